The molecule has 1 aromatic heterocycles. The number of anilines is 1. The summed E-state index contributed by atoms with van der Waals surface area (Å²) in [6, 6.07) is 6.81. The summed E-state index contributed by atoms with van der Waals surface area (Å²) in [4.78, 5) is 0. The lowest BCUT2D eigenvalue weighted by molar-refractivity contribution is 0.577. The van der Waals surface area contributed by atoms with Gasteiger partial charge in [-0.05, 0) is 30.4 Å². The van der Waals surface area contributed by atoms with Gasteiger partial charge in [-0.15, -0.1) is 0 Å². The van der Waals surface area contributed by atoms with Crippen LogP contribution in [0.4, 0.5) is 5.69 Å². The van der Waals surface area contributed by atoms with E-state index in [0.29, 0.717) is 11.5 Å². The van der Waals surface area contributed by atoms with Crippen LogP contribution in [0.15, 0.2) is 35.3 Å². The summed E-state index contributed by atoms with van der Waals surface area (Å²) in [7, 11) is 0. The molecule has 1 fully saturated rings. The van der Waals surface area contributed by atoms with E-state index in [-0.39, 0.29) is 0 Å². The van der Waals surface area contributed by atoms with E-state index in [1.807, 2.05) is 23.9 Å². The maximum atomic E-state index is 5.65. The summed E-state index contributed by atoms with van der Waals surface area (Å²) in [5.41, 5.74) is 2.73. The first-order valence-electron chi connectivity index (χ1n) is 6.46. The first-order valence-corrected chi connectivity index (χ1v) is 7.62. The van der Waals surface area contributed by atoms with Crippen LogP contribution in [0.5, 0.6) is 0 Å². The molecule has 2 aromatic rings. The van der Waals surface area contributed by atoms with Gasteiger partial charge in [-0.3, -0.25) is 0 Å². The molecule has 1 atom stereocenters. The number of benzene rings is 1. The fraction of sp³-hybridized carbons (Fsp3) is 0.250. The highest BCUT2D eigenvalue weighted by atomic mass is 32.2. The van der Waals surface area contributed by atoms with Gasteiger partial charge in [0.25, 0.3) is 0 Å². The average Bonchev–Trinajstić information content (AvgIpc) is 3.00. The average molecular weight is 271 g/mol. The van der Waals surface area contributed by atoms with E-state index in [1.165, 1.54) is 17.9 Å². The van der Waals surface area contributed by atoms with E-state index in [0.717, 1.165) is 21.9 Å². The van der Waals surface area contributed by atoms with Crippen molar-refractivity contribution in [1.82, 2.24) is 0 Å². The third-order valence-corrected chi connectivity index (χ3v) is 4.55. The Kier molecular flexibility index (Phi) is 3.38. The highest BCUT2D eigenvalue weighted by Gasteiger charge is 2.15. The van der Waals surface area contributed by atoms with Crippen LogP contribution in [-0.4, -0.2) is 17.5 Å². The fourth-order valence-electron chi connectivity index (χ4n) is 2.44. The Hall–Kier alpha value is -1.61. The number of hydrogen-bond acceptors (Lipinski definition) is 3. The van der Waals surface area contributed by atoms with Crippen molar-refractivity contribution in [2.75, 3.05) is 16.8 Å². The van der Waals surface area contributed by atoms with Gasteiger partial charge < -0.3 is 9.73 Å². The number of fused-ring (bicyclic) bond motifs is 1. The smallest absolute Gasteiger partial charge is 0.135 e. The van der Waals surface area contributed by atoms with Gasteiger partial charge in [0, 0.05) is 28.1 Å². The molecule has 0 radical (unpaired) electrons. The van der Waals surface area contributed by atoms with E-state index in [4.69, 9.17) is 4.42 Å². The molecule has 1 N–H and O–H groups in total. The van der Waals surface area contributed by atoms with Crippen molar-refractivity contribution in [1.29, 1.82) is 0 Å². The van der Waals surface area contributed by atoms with Crippen molar-refractivity contribution >= 4 is 41.1 Å². The molecule has 2 heterocycles. The molecular formula is C16H17NOS. The summed E-state index contributed by atoms with van der Waals surface area (Å²) in [6.45, 7) is 7.69. The zero-order chi connectivity index (χ0) is 13.2. The summed E-state index contributed by atoms with van der Waals surface area (Å²) < 4.78 is 5.65. The second-order valence-corrected chi connectivity index (χ2v) is 5.91. The lowest BCUT2D eigenvalue weighted by Crippen LogP contribution is -2.19. The topological polar surface area (TPSA) is 25.2 Å². The Morgan fingerprint density at radius 3 is 3.05 bits per heavy atom. The van der Waals surface area contributed by atoms with Gasteiger partial charge in [0.1, 0.15) is 11.0 Å². The van der Waals surface area contributed by atoms with Gasteiger partial charge in [-0.2, -0.15) is 11.8 Å². The number of furan rings is 1. The molecule has 1 aliphatic heterocycles. The molecule has 0 aliphatic carbocycles. The van der Waals surface area contributed by atoms with E-state index < -0.39 is 0 Å². The molecule has 19 heavy (non-hydrogen) atoms. The van der Waals surface area contributed by atoms with E-state index >= 15 is 0 Å². The molecule has 3 rings (SSSR count). The number of allylic oxidation sites excluding steroid dienone is 1. The van der Waals surface area contributed by atoms with E-state index in [2.05, 4.69) is 30.6 Å². The third kappa shape index (κ3) is 2.43. The van der Waals surface area contributed by atoms with Crippen LogP contribution in [-0.2, 0) is 0 Å². The zero-order valence-electron chi connectivity index (χ0n) is 10.8. The highest BCUT2D eigenvalue weighted by molar-refractivity contribution is 7.99. The van der Waals surface area contributed by atoms with Gasteiger partial charge in [0.2, 0.25) is 0 Å². The summed E-state index contributed by atoms with van der Waals surface area (Å²) in [5, 5.41) is 5.71. The molecule has 2 nitrogen and oxygen atoms in total. The van der Waals surface area contributed by atoms with Crippen LogP contribution >= 0.6 is 11.8 Å². The minimum Gasteiger partial charge on any atom is -0.457 e. The highest BCUT2D eigenvalue weighted by Crippen LogP contribution is 2.23. The van der Waals surface area contributed by atoms with Gasteiger partial charge in [0.05, 0.1) is 0 Å². The Morgan fingerprint density at radius 1 is 1.42 bits per heavy atom. The Labute approximate surface area is 116 Å². The molecule has 1 saturated heterocycles. The molecule has 0 saturated carbocycles. The molecule has 1 aromatic carbocycles. The molecular weight excluding hydrogens is 254 g/mol. The van der Waals surface area contributed by atoms with Gasteiger partial charge in [-0.1, -0.05) is 25.3 Å². The van der Waals surface area contributed by atoms with Crippen molar-refractivity contribution in [3.8, 4) is 0 Å². The van der Waals surface area contributed by atoms with Crippen LogP contribution in [0, 0.1) is 0 Å². The minimum absolute atomic E-state index is 0.584. The third-order valence-electron chi connectivity index (χ3n) is 3.39. The van der Waals surface area contributed by atoms with Crippen molar-refractivity contribution in [3.63, 3.8) is 0 Å². The van der Waals surface area contributed by atoms with Gasteiger partial charge in [0.15, 0.2) is 0 Å². The standard InChI is InChI=1S/C16H17NOS/c1-3-4-14-11(2)18-16-6-5-12(9-15(14)16)17-13-7-8-19-10-13/h3-6,9,13,17H,1-2,7-8,10H2/b14-4+. The van der Waals surface area contributed by atoms with Crippen LogP contribution in [0.3, 0.4) is 0 Å². The number of thioether (sulfide) groups is 1. The summed E-state index contributed by atoms with van der Waals surface area (Å²) >= 11 is 2.01. The predicted octanol–water partition coefficient (Wildman–Crippen LogP) is 2.73. The van der Waals surface area contributed by atoms with Crippen LogP contribution < -0.4 is 16.0 Å². The normalized spacial score (nSPS) is 20.0. The Balaban J connectivity index is 2.03. The van der Waals surface area contributed by atoms with Crippen molar-refractivity contribution in [2.24, 2.45) is 0 Å². The Morgan fingerprint density at radius 2 is 2.32 bits per heavy atom. The first kappa shape index (κ1) is 12.4. The number of rotatable bonds is 3. The van der Waals surface area contributed by atoms with E-state index in [9.17, 15) is 0 Å². The minimum atomic E-state index is 0.584. The van der Waals surface area contributed by atoms with Crippen molar-refractivity contribution in [3.05, 3.63) is 41.5 Å². The fourth-order valence-corrected chi connectivity index (χ4v) is 3.59. The second-order valence-electron chi connectivity index (χ2n) is 4.76. The molecule has 98 valence electrons. The molecule has 3 heteroatoms. The van der Waals surface area contributed by atoms with Crippen LogP contribution in [0.2, 0.25) is 0 Å². The quantitative estimate of drug-likeness (QED) is 0.929. The van der Waals surface area contributed by atoms with Crippen LogP contribution in [0.25, 0.3) is 23.6 Å². The summed E-state index contributed by atoms with van der Waals surface area (Å²) in [5.74, 6) is 2.44. The monoisotopic (exact) mass is 271 g/mol. The molecule has 0 spiro atoms. The maximum absolute atomic E-state index is 5.65. The molecule has 0 bridgehead atoms. The van der Waals surface area contributed by atoms with E-state index in [1.54, 1.807) is 6.08 Å². The molecule has 1 unspecified atom stereocenters. The maximum Gasteiger partial charge on any atom is 0.135 e. The second kappa shape index (κ2) is 5.17. The first-order chi connectivity index (χ1) is 9.28. The van der Waals surface area contributed by atoms with Crippen molar-refractivity contribution in [2.45, 2.75) is 12.5 Å². The number of nitrogens with one attached hydrogen (secondary N) is 1. The molecule has 1 aliphatic rings. The number of hydrogen-bond donors (Lipinski definition) is 1. The lowest BCUT2D eigenvalue weighted by atomic mass is 10.1. The largest absolute Gasteiger partial charge is 0.457 e. The van der Waals surface area contributed by atoms with Crippen LogP contribution in [0.1, 0.15) is 6.42 Å². The lowest BCUT2D eigenvalue weighted by Gasteiger charge is -2.12. The SMILES string of the molecule is C=C/C=c1\c(=C)oc2ccc(NC3CCSC3)cc12. The molecule has 0 amide bonds. The van der Waals surface area contributed by atoms with Gasteiger partial charge >= 0.3 is 0 Å². The van der Waals surface area contributed by atoms with Gasteiger partial charge in [-0.25, -0.2) is 0 Å². The predicted molar refractivity (Wildman–Crippen MR) is 85.0 cm³/mol. The zero-order valence-corrected chi connectivity index (χ0v) is 11.6. The summed E-state index contributed by atoms with van der Waals surface area (Å²) in [6.07, 6.45) is 4.95. The Bertz CT molecular complexity index is 710. The van der Waals surface area contributed by atoms with Crippen molar-refractivity contribution < 1.29 is 4.42 Å².